The van der Waals surface area contributed by atoms with Crippen molar-refractivity contribution >= 4 is 32.7 Å². The minimum absolute atomic E-state index is 0.652. The molecule has 0 aliphatic carbocycles. The number of rotatable bonds is 1. The number of para-hydroxylation sites is 1. The van der Waals surface area contributed by atoms with Gasteiger partial charge in [0, 0.05) is 16.8 Å². The monoisotopic (exact) mass is 349 g/mol. The van der Waals surface area contributed by atoms with Gasteiger partial charge in [0.15, 0.2) is 11.8 Å². The minimum Gasteiger partial charge on any atom is -0.455 e. The molecule has 0 radical (unpaired) electrons. The molecule has 3 aromatic carbocycles. The Balaban J connectivity index is 2.04. The number of aryl methyl sites for hydroxylation is 2. The van der Waals surface area contributed by atoms with Crippen LogP contribution in [0.5, 0.6) is 0 Å². The zero-order valence-electron chi connectivity index (χ0n) is 15.2. The molecule has 0 bridgehead atoms. The van der Waals surface area contributed by atoms with Crippen molar-refractivity contribution in [3.8, 4) is 17.3 Å². The summed E-state index contributed by atoms with van der Waals surface area (Å²) in [6.45, 7) is 2.05. The summed E-state index contributed by atoms with van der Waals surface area (Å²) in [6.07, 6.45) is 2.07. The third-order valence-corrected chi connectivity index (χ3v) is 5.25. The molecule has 5 rings (SSSR count). The standard InChI is InChI=1S/C24H17N2O/c1-15-13-17(14-25)22-19-9-5-6-10-20(19)27-24(22)21(15)23-18-8-4-3-7-16(18)11-12-26(23)2/h3-13H,1-2H3/q+1. The van der Waals surface area contributed by atoms with Gasteiger partial charge in [-0.3, -0.25) is 0 Å². The molecule has 2 aromatic heterocycles. The number of nitriles is 1. The van der Waals surface area contributed by atoms with Crippen LogP contribution in [0, 0.1) is 18.3 Å². The minimum atomic E-state index is 0.652. The van der Waals surface area contributed by atoms with Crippen LogP contribution >= 0.6 is 0 Å². The highest BCUT2D eigenvalue weighted by atomic mass is 16.3. The number of pyridine rings is 1. The van der Waals surface area contributed by atoms with E-state index in [9.17, 15) is 5.26 Å². The molecule has 2 heterocycles. The first-order valence-electron chi connectivity index (χ1n) is 8.91. The summed E-state index contributed by atoms with van der Waals surface area (Å²) in [5, 5.41) is 13.9. The summed E-state index contributed by atoms with van der Waals surface area (Å²) in [6, 6.07) is 22.7. The van der Waals surface area contributed by atoms with Crippen LogP contribution in [0.3, 0.4) is 0 Å². The summed E-state index contributed by atoms with van der Waals surface area (Å²) < 4.78 is 8.43. The van der Waals surface area contributed by atoms with E-state index in [1.165, 1.54) is 5.39 Å². The van der Waals surface area contributed by atoms with Crippen LogP contribution in [-0.2, 0) is 7.05 Å². The quantitative estimate of drug-likeness (QED) is 0.380. The van der Waals surface area contributed by atoms with Gasteiger partial charge in [0.2, 0.25) is 5.69 Å². The Hall–Kier alpha value is -3.64. The van der Waals surface area contributed by atoms with Crippen LogP contribution in [0.2, 0.25) is 0 Å². The highest BCUT2D eigenvalue weighted by molar-refractivity contribution is 6.14. The number of furan rings is 1. The van der Waals surface area contributed by atoms with Gasteiger partial charge >= 0.3 is 0 Å². The van der Waals surface area contributed by atoms with Gasteiger partial charge in [-0.1, -0.05) is 36.4 Å². The van der Waals surface area contributed by atoms with Gasteiger partial charge in [0.1, 0.15) is 12.6 Å². The van der Waals surface area contributed by atoms with Gasteiger partial charge in [0.25, 0.3) is 0 Å². The molecular weight excluding hydrogens is 332 g/mol. The normalized spacial score (nSPS) is 11.3. The van der Waals surface area contributed by atoms with Crippen LogP contribution in [0.25, 0.3) is 44.0 Å². The van der Waals surface area contributed by atoms with E-state index in [0.717, 1.165) is 44.1 Å². The third kappa shape index (κ3) is 2.17. The van der Waals surface area contributed by atoms with Gasteiger partial charge in [-0.15, -0.1) is 0 Å². The Morgan fingerprint density at radius 3 is 2.52 bits per heavy atom. The molecule has 0 saturated heterocycles. The molecular formula is C24H17N2O+. The SMILES string of the molecule is Cc1cc(C#N)c2c(oc3ccccc32)c1-c1c2ccccc2cc[n+]1C. The molecule has 0 aliphatic heterocycles. The molecule has 0 amide bonds. The Morgan fingerprint density at radius 2 is 1.70 bits per heavy atom. The van der Waals surface area contributed by atoms with E-state index in [1.54, 1.807) is 0 Å². The predicted octanol–water partition coefficient (Wildman–Crippen LogP) is 5.41. The summed E-state index contributed by atoms with van der Waals surface area (Å²) in [4.78, 5) is 0. The lowest BCUT2D eigenvalue weighted by molar-refractivity contribution is -0.659. The molecule has 0 N–H and O–H groups in total. The van der Waals surface area contributed by atoms with Gasteiger partial charge in [-0.05, 0) is 36.1 Å². The highest BCUT2D eigenvalue weighted by Crippen LogP contribution is 2.40. The van der Waals surface area contributed by atoms with Crippen molar-refractivity contribution < 1.29 is 8.98 Å². The molecule has 128 valence electrons. The van der Waals surface area contributed by atoms with Crippen molar-refractivity contribution in [2.45, 2.75) is 6.92 Å². The van der Waals surface area contributed by atoms with Crippen LogP contribution < -0.4 is 4.57 Å². The number of hydrogen-bond donors (Lipinski definition) is 0. The highest BCUT2D eigenvalue weighted by Gasteiger charge is 2.25. The number of nitrogens with zero attached hydrogens (tertiary/aromatic N) is 2. The first-order chi connectivity index (χ1) is 13.2. The Kier molecular flexibility index (Phi) is 3.29. The fraction of sp³-hybridized carbons (Fsp3) is 0.0833. The average molecular weight is 349 g/mol. The third-order valence-electron chi connectivity index (χ3n) is 5.25. The molecule has 3 heteroatoms. The summed E-state index contributed by atoms with van der Waals surface area (Å²) in [5.41, 5.74) is 5.40. The second-order valence-corrected chi connectivity index (χ2v) is 6.89. The summed E-state index contributed by atoms with van der Waals surface area (Å²) in [7, 11) is 2.05. The fourth-order valence-electron chi connectivity index (χ4n) is 4.04. The maximum atomic E-state index is 9.73. The van der Waals surface area contributed by atoms with E-state index in [4.69, 9.17) is 4.42 Å². The number of benzene rings is 3. The van der Waals surface area contributed by atoms with E-state index >= 15 is 0 Å². The maximum absolute atomic E-state index is 9.73. The first-order valence-corrected chi connectivity index (χ1v) is 8.91. The van der Waals surface area contributed by atoms with Crippen molar-refractivity contribution in [3.63, 3.8) is 0 Å². The Labute approximate surface area is 156 Å². The van der Waals surface area contributed by atoms with Crippen LogP contribution in [0.4, 0.5) is 0 Å². The largest absolute Gasteiger partial charge is 0.455 e. The molecule has 27 heavy (non-hydrogen) atoms. The predicted molar refractivity (Wildman–Crippen MR) is 107 cm³/mol. The zero-order valence-corrected chi connectivity index (χ0v) is 15.2. The van der Waals surface area contributed by atoms with Crippen LogP contribution in [0.15, 0.2) is 71.3 Å². The number of hydrogen-bond acceptors (Lipinski definition) is 2. The summed E-state index contributed by atoms with van der Waals surface area (Å²) >= 11 is 0. The average Bonchev–Trinajstić information content (AvgIpc) is 3.08. The summed E-state index contributed by atoms with van der Waals surface area (Å²) in [5.74, 6) is 0. The van der Waals surface area contributed by atoms with Gasteiger partial charge in [0.05, 0.1) is 22.6 Å². The van der Waals surface area contributed by atoms with E-state index in [2.05, 4.69) is 47.2 Å². The van der Waals surface area contributed by atoms with E-state index in [1.807, 2.05) is 44.3 Å². The second kappa shape index (κ2) is 5.69. The van der Waals surface area contributed by atoms with Gasteiger partial charge < -0.3 is 4.42 Å². The van der Waals surface area contributed by atoms with Crippen molar-refractivity contribution in [2.24, 2.45) is 7.05 Å². The molecule has 0 spiro atoms. The van der Waals surface area contributed by atoms with Gasteiger partial charge in [-0.25, -0.2) is 4.57 Å². The molecule has 0 aliphatic rings. The van der Waals surface area contributed by atoms with Crippen molar-refractivity contribution in [3.05, 3.63) is 78.0 Å². The maximum Gasteiger partial charge on any atom is 0.224 e. The fourth-order valence-corrected chi connectivity index (χ4v) is 4.04. The Bertz CT molecular complexity index is 1400. The van der Waals surface area contributed by atoms with E-state index in [0.29, 0.717) is 5.56 Å². The molecule has 0 saturated carbocycles. The number of aromatic nitrogens is 1. The molecule has 0 unspecified atom stereocenters. The van der Waals surface area contributed by atoms with Crippen molar-refractivity contribution in [1.29, 1.82) is 5.26 Å². The molecule has 3 nitrogen and oxygen atoms in total. The smallest absolute Gasteiger partial charge is 0.224 e. The van der Waals surface area contributed by atoms with Crippen LogP contribution in [-0.4, -0.2) is 0 Å². The Morgan fingerprint density at radius 1 is 0.963 bits per heavy atom. The second-order valence-electron chi connectivity index (χ2n) is 6.89. The first kappa shape index (κ1) is 15.6. The van der Waals surface area contributed by atoms with Crippen molar-refractivity contribution in [2.75, 3.05) is 0 Å². The lowest BCUT2D eigenvalue weighted by atomic mass is 9.94. The topological polar surface area (TPSA) is 40.8 Å². The van der Waals surface area contributed by atoms with E-state index < -0.39 is 0 Å². The zero-order chi connectivity index (χ0) is 18.5. The molecule has 5 aromatic rings. The lowest BCUT2D eigenvalue weighted by Gasteiger charge is -2.09. The van der Waals surface area contributed by atoms with E-state index in [-0.39, 0.29) is 0 Å². The van der Waals surface area contributed by atoms with Gasteiger partial charge in [-0.2, -0.15) is 5.26 Å². The molecule has 0 atom stereocenters. The van der Waals surface area contributed by atoms with Crippen LogP contribution in [0.1, 0.15) is 11.1 Å². The molecule has 0 fully saturated rings. The van der Waals surface area contributed by atoms with Crippen molar-refractivity contribution in [1.82, 2.24) is 0 Å². The number of fused-ring (bicyclic) bond motifs is 4. The lowest BCUT2D eigenvalue weighted by Crippen LogP contribution is -2.30.